The standard InChI is InChI=1S/2C6H5.In.H/c2*1-2-4-6-5-3-1;;/h2*1-5H;;. The van der Waals surface area contributed by atoms with Gasteiger partial charge in [0, 0.05) is 0 Å². The summed E-state index contributed by atoms with van der Waals surface area (Å²) in [6.07, 6.45) is 0. The monoisotopic (exact) mass is 270 g/mol. The third-order valence-corrected chi connectivity index (χ3v) is 7.12. The maximum atomic E-state index is 2.25. The predicted molar refractivity (Wildman–Crippen MR) is 59.3 cm³/mol. The Bertz CT molecular complexity index is 316. The van der Waals surface area contributed by atoms with E-state index in [1.807, 2.05) is 0 Å². The van der Waals surface area contributed by atoms with E-state index in [2.05, 4.69) is 60.7 Å². The quantitative estimate of drug-likeness (QED) is 0.766. The van der Waals surface area contributed by atoms with Crippen molar-refractivity contribution in [1.29, 1.82) is 0 Å². The molecule has 0 N–H and O–H groups in total. The van der Waals surface area contributed by atoms with Gasteiger partial charge < -0.3 is 0 Å². The summed E-state index contributed by atoms with van der Waals surface area (Å²) < 4.78 is 3.16. The molecule has 2 aromatic carbocycles. The van der Waals surface area contributed by atoms with Crippen molar-refractivity contribution >= 4 is 29.5 Å². The van der Waals surface area contributed by atoms with Gasteiger partial charge in [0.25, 0.3) is 0 Å². The van der Waals surface area contributed by atoms with Gasteiger partial charge in [0.2, 0.25) is 0 Å². The zero-order valence-electron chi connectivity index (χ0n) is 7.48. The van der Waals surface area contributed by atoms with Crippen LogP contribution in [0.25, 0.3) is 0 Å². The van der Waals surface area contributed by atoms with Crippen molar-refractivity contribution in [2.24, 2.45) is 0 Å². The van der Waals surface area contributed by atoms with Crippen LogP contribution < -0.4 is 6.64 Å². The Balaban J connectivity index is 2.16. The van der Waals surface area contributed by atoms with E-state index in [9.17, 15) is 0 Å². The Labute approximate surface area is 90.0 Å². The van der Waals surface area contributed by atoms with Gasteiger partial charge in [-0.25, -0.2) is 0 Å². The molecule has 0 atom stereocenters. The van der Waals surface area contributed by atoms with Crippen molar-refractivity contribution in [3.63, 3.8) is 0 Å². The first-order valence-corrected chi connectivity index (χ1v) is 8.56. The number of rotatable bonds is 2. The molecule has 0 aromatic heterocycles. The molecule has 0 heterocycles. The fourth-order valence-corrected chi connectivity index (χ4v) is 5.67. The van der Waals surface area contributed by atoms with E-state index in [1.165, 1.54) is 0 Å². The third-order valence-electron chi connectivity index (χ3n) is 2.09. The van der Waals surface area contributed by atoms with Gasteiger partial charge in [-0.3, -0.25) is 0 Å². The van der Waals surface area contributed by atoms with E-state index >= 15 is 0 Å². The van der Waals surface area contributed by atoms with Crippen molar-refractivity contribution < 1.29 is 0 Å². The van der Waals surface area contributed by atoms with E-state index in [0.29, 0.717) is 0 Å². The van der Waals surface area contributed by atoms with E-state index in [1.54, 1.807) is 6.64 Å². The first-order chi connectivity index (χ1) is 6.45. The number of benzene rings is 2. The van der Waals surface area contributed by atoms with Gasteiger partial charge in [0.1, 0.15) is 0 Å². The Hall–Kier alpha value is -0.690. The first-order valence-electron chi connectivity index (χ1n) is 4.53. The van der Waals surface area contributed by atoms with Gasteiger partial charge in [0.05, 0.1) is 0 Å². The molecule has 2 rings (SSSR count). The minimum absolute atomic E-state index is 0.881. The fraction of sp³-hybridized carbons (Fsp3) is 0. The molecule has 2 aromatic rings. The number of hydrogen-bond donors (Lipinski definition) is 0. The Morgan fingerprint density at radius 1 is 0.538 bits per heavy atom. The molecule has 1 heteroatoms. The van der Waals surface area contributed by atoms with Crippen LogP contribution in [0, 0.1) is 0 Å². The van der Waals surface area contributed by atoms with Crippen LogP contribution in [0.3, 0.4) is 0 Å². The molecule has 62 valence electrons. The van der Waals surface area contributed by atoms with Crippen molar-refractivity contribution in [1.82, 2.24) is 0 Å². The molecule has 0 amide bonds. The summed E-state index contributed by atoms with van der Waals surface area (Å²) in [7, 11) is 0. The average Bonchev–Trinajstić information content (AvgIpc) is 2.21. The summed E-state index contributed by atoms with van der Waals surface area (Å²) in [5, 5.41) is 0. The number of hydrogen-bond acceptors (Lipinski definition) is 0. The maximum absolute atomic E-state index is 2.25. The second-order valence-electron chi connectivity index (χ2n) is 3.15. The summed E-state index contributed by atoms with van der Waals surface area (Å²) >= 11 is -0.881. The normalized spacial score (nSPS) is 9.54. The molecule has 0 fully saturated rings. The van der Waals surface area contributed by atoms with Gasteiger partial charge in [-0.15, -0.1) is 0 Å². The Morgan fingerprint density at radius 2 is 0.923 bits per heavy atom. The van der Waals surface area contributed by atoms with Crippen LogP contribution in [0.15, 0.2) is 60.7 Å². The molecule has 0 aliphatic heterocycles. The van der Waals surface area contributed by atoms with Gasteiger partial charge in [-0.1, -0.05) is 0 Å². The van der Waals surface area contributed by atoms with Crippen LogP contribution in [0.1, 0.15) is 0 Å². The molecule has 0 saturated carbocycles. The summed E-state index contributed by atoms with van der Waals surface area (Å²) in [6.45, 7) is 0. The first kappa shape index (κ1) is 8.89. The third kappa shape index (κ3) is 2.63. The molecule has 0 aliphatic rings. The molecule has 0 radical (unpaired) electrons. The van der Waals surface area contributed by atoms with Crippen LogP contribution in [0.4, 0.5) is 0 Å². The molecule has 0 spiro atoms. The topological polar surface area (TPSA) is 0 Å². The summed E-state index contributed by atoms with van der Waals surface area (Å²) in [5.41, 5.74) is 0. The van der Waals surface area contributed by atoms with Gasteiger partial charge in [-0.2, -0.15) is 0 Å². The van der Waals surface area contributed by atoms with Gasteiger partial charge >= 0.3 is 90.2 Å². The Kier molecular flexibility index (Phi) is 3.09. The second kappa shape index (κ2) is 4.52. The molecular weight excluding hydrogens is 259 g/mol. The summed E-state index contributed by atoms with van der Waals surface area (Å²) in [6, 6.07) is 21.7. The van der Waals surface area contributed by atoms with Crippen LogP contribution in [-0.2, 0) is 0 Å². The zero-order chi connectivity index (χ0) is 8.93. The SMILES string of the molecule is c1cc[c]([InH][c]2ccccc2)cc1. The van der Waals surface area contributed by atoms with Crippen LogP contribution >= 0.6 is 0 Å². The van der Waals surface area contributed by atoms with Crippen molar-refractivity contribution in [2.75, 3.05) is 0 Å². The minimum atomic E-state index is -0.881. The van der Waals surface area contributed by atoms with E-state index < -0.39 is 22.9 Å². The zero-order valence-corrected chi connectivity index (χ0v) is 11.5. The van der Waals surface area contributed by atoms with E-state index in [-0.39, 0.29) is 0 Å². The van der Waals surface area contributed by atoms with E-state index in [0.717, 1.165) is 0 Å². The van der Waals surface area contributed by atoms with Crippen LogP contribution in [-0.4, -0.2) is 22.9 Å². The molecule has 0 aliphatic carbocycles. The van der Waals surface area contributed by atoms with Crippen molar-refractivity contribution in [3.8, 4) is 0 Å². The average molecular weight is 270 g/mol. The van der Waals surface area contributed by atoms with Gasteiger partial charge in [0.15, 0.2) is 0 Å². The molecule has 0 saturated heterocycles. The molecular formula is C12H11In. The summed E-state index contributed by atoms with van der Waals surface area (Å²) in [5.74, 6) is 0. The van der Waals surface area contributed by atoms with Crippen molar-refractivity contribution in [3.05, 3.63) is 60.7 Å². The fourth-order valence-electron chi connectivity index (χ4n) is 1.43. The molecule has 0 bridgehead atoms. The molecule has 0 unspecified atom stereocenters. The van der Waals surface area contributed by atoms with Crippen LogP contribution in [0.5, 0.6) is 0 Å². The van der Waals surface area contributed by atoms with Crippen LogP contribution in [0.2, 0.25) is 0 Å². The van der Waals surface area contributed by atoms with E-state index in [4.69, 9.17) is 0 Å². The van der Waals surface area contributed by atoms with Gasteiger partial charge in [-0.05, 0) is 0 Å². The molecule has 0 nitrogen and oxygen atoms in total. The second-order valence-corrected chi connectivity index (χ2v) is 8.82. The van der Waals surface area contributed by atoms with Crippen molar-refractivity contribution in [2.45, 2.75) is 0 Å². The molecule has 13 heavy (non-hydrogen) atoms. The summed E-state index contributed by atoms with van der Waals surface area (Å²) in [4.78, 5) is 0. The Morgan fingerprint density at radius 3 is 1.31 bits per heavy atom. The predicted octanol–water partition coefficient (Wildman–Crippen LogP) is 1.07.